The monoisotopic (exact) mass is 749 g/mol. The van der Waals surface area contributed by atoms with Gasteiger partial charge < -0.3 is 39.9 Å². The van der Waals surface area contributed by atoms with Crippen LogP contribution in [0.25, 0.3) is 33.4 Å². The first-order valence-corrected chi connectivity index (χ1v) is 19.3. The van der Waals surface area contributed by atoms with Gasteiger partial charge in [0.25, 0.3) is 0 Å². The number of aromatic nitrogens is 4. The molecule has 5 aromatic rings. The van der Waals surface area contributed by atoms with E-state index in [2.05, 4.69) is 31.7 Å². The molecule has 0 radical (unpaired) electrons. The summed E-state index contributed by atoms with van der Waals surface area (Å²) in [6, 6.07) is 17.3. The number of aliphatic hydroxyl groups is 1. The molecule has 2 aliphatic heterocycles. The number of benzene rings is 3. The number of methoxy groups -OCH3 is 1. The van der Waals surface area contributed by atoms with Crippen LogP contribution in [-0.4, -0.2) is 74.4 Å². The van der Waals surface area contributed by atoms with Crippen LogP contribution in [0.2, 0.25) is 0 Å². The van der Waals surface area contributed by atoms with E-state index in [0.29, 0.717) is 48.4 Å². The number of amides is 2. The van der Waals surface area contributed by atoms with Gasteiger partial charge in [-0.2, -0.15) is 0 Å². The molecule has 2 amide bonds. The average Bonchev–Trinajstić information content (AvgIpc) is 3.95. The normalized spacial score (nSPS) is 16.3. The number of carbonyl (C=O) groups is 2. The van der Waals surface area contributed by atoms with Crippen LogP contribution in [-0.2, 0) is 16.0 Å². The number of aromatic amines is 2. The Morgan fingerprint density at radius 2 is 1.65 bits per heavy atom. The maximum absolute atomic E-state index is 12.0. The summed E-state index contributed by atoms with van der Waals surface area (Å²) in [4.78, 5) is 42.4. The number of aryl methyl sites for hydroxylation is 1. The van der Waals surface area contributed by atoms with Crippen LogP contribution >= 0.6 is 0 Å². The number of fused-ring (bicyclic) bond motifs is 3. The van der Waals surface area contributed by atoms with E-state index >= 15 is 0 Å². The first-order valence-electron chi connectivity index (χ1n) is 19.3. The molecule has 0 aliphatic carbocycles. The summed E-state index contributed by atoms with van der Waals surface area (Å²) in [5.41, 5.74) is 5.51. The third-order valence-electron chi connectivity index (χ3n) is 10.3. The maximum atomic E-state index is 12.0. The SMILES string of the molecule is COC(=O)NC(C(C)C)C(O)N1CCCC1c1nc2ccc(-c3ccc4c(c3)Oc3cc(-c5cnc(CCCCNC(=O)CC(C)C)[nH]5)ccc3O4)cc2[nH]1. The number of hydrogen-bond acceptors (Lipinski definition) is 9. The van der Waals surface area contributed by atoms with Crippen LogP contribution in [0.4, 0.5) is 4.79 Å². The van der Waals surface area contributed by atoms with Gasteiger partial charge in [-0.3, -0.25) is 9.69 Å². The van der Waals surface area contributed by atoms with Crippen molar-refractivity contribution in [1.82, 2.24) is 35.5 Å². The minimum absolute atomic E-state index is 0.0111. The number of carbonyl (C=O) groups excluding carboxylic acids is 2. The topological polar surface area (TPSA) is 167 Å². The highest BCUT2D eigenvalue weighted by Crippen LogP contribution is 2.48. The third-order valence-corrected chi connectivity index (χ3v) is 10.3. The molecule has 5 N–H and O–H groups in total. The molecule has 0 spiro atoms. The zero-order valence-electron chi connectivity index (χ0n) is 32.1. The fraction of sp³-hybridized carbons (Fsp3) is 0.429. The molecule has 13 heteroatoms. The molecule has 7 rings (SSSR count). The number of nitrogens with zero attached hydrogens (tertiary/aromatic N) is 3. The number of nitrogens with one attached hydrogen (secondary N) is 4. The predicted molar refractivity (Wildman–Crippen MR) is 210 cm³/mol. The molecular weight excluding hydrogens is 699 g/mol. The molecule has 2 aromatic heterocycles. The van der Waals surface area contributed by atoms with Gasteiger partial charge >= 0.3 is 6.09 Å². The number of unbranched alkanes of at least 4 members (excludes halogenated alkanes) is 1. The summed E-state index contributed by atoms with van der Waals surface area (Å²) in [5, 5.41) is 17.2. The number of hydrogen-bond donors (Lipinski definition) is 5. The van der Waals surface area contributed by atoms with Crippen LogP contribution in [0.1, 0.15) is 77.5 Å². The second kappa shape index (κ2) is 16.5. The van der Waals surface area contributed by atoms with Crippen molar-refractivity contribution in [2.75, 3.05) is 20.2 Å². The molecule has 55 heavy (non-hydrogen) atoms. The summed E-state index contributed by atoms with van der Waals surface area (Å²) >= 11 is 0. The Bertz CT molecular complexity index is 2140. The van der Waals surface area contributed by atoms with E-state index in [1.807, 2.05) is 87.3 Å². The average molecular weight is 750 g/mol. The Morgan fingerprint density at radius 3 is 2.40 bits per heavy atom. The van der Waals surface area contributed by atoms with Gasteiger partial charge in [0.1, 0.15) is 17.9 Å². The number of H-pyrrole nitrogens is 2. The third kappa shape index (κ3) is 8.63. The lowest BCUT2D eigenvalue weighted by atomic mass is 10.0. The fourth-order valence-electron chi connectivity index (χ4n) is 7.41. The van der Waals surface area contributed by atoms with Gasteiger partial charge in [0.2, 0.25) is 5.91 Å². The van der Waals surface area contributed by atoms with Gasteiger partial charge in [0.05, 0.1) is 42.1 Å². The first kappa shape index (κ1) is 37.9. The molecule has 2 aliphatic rings. The van der Waals surface area contributed by atoms with Crippen molar-refractivity contribution in [3.8, 4) is 45.4 Å². The van der Waals surface area contributed by atoms with Crippen LogP contribution in [0.5, 0.6) is 23.0 Å². The van der Waals surface area contributed by atoms with E-state index in [0.717, 1.165) is 77.2 Å². The van der Waals surface area contributed by atoms with Gasteiger partial charge in [0, 0.05) is 31.5 Å². The van der Waals surface area contributed by atoms with E-state index in [9.17, 15) is 14.7 Å². The highest BCUT2D eigenvalue weighted by Gasteiger charge is 2.38. The van der Waals surface area contributed by atoms with Crippen molar-refractivity contribution in [2.24, 2.45) is 11.8 Å². The van der Waals surface area contributed by atoms with Crippen molar-refractivity contribution >= 4 is 23.0 Å². The molecule has 3 unspecified atom stereocenters. The number of imidazole rings is 2. The Labute approximate surface area is 321 Å². The summed E-state index contributed by atoms with van der Waals surface area (Å²) < 4.78 is 17.5. The first-order chi connectivity index (χ1) is 26.6. The Morgan fingerprint density at radius 1 is 0.945 bits per heavy atom. The second-order valence-electron chi connectivity index (χ2n) is 15.2. The Hall–Kier alpha value is -5.40. The van der Waals surface area contributed by atoms with Crippen molar-refractivity contribution in [1.29, 1.82) is 0 Å². The zero-order chi connectivity index (χ0) is 38.6. The lowest BCUT2D eigenvalue weighted by Crippen LogP contribution is -2.54. The van der Waals surface area contributed by atoms with Gasteiger partial charge in [-0.05, 0) is 91.1 Å². The van der Waals surface area contributed by atoms with Crippen molar-refractivity contribution in [3.05, 3.63) is 72.4 Å². The lowest BCUT2D eigenvalue weighted by molar-refractivity contribution is -0.121. The Kier molecular flexibility index (Phi) is 11.4. The quantitative estimate of drug-likeness (QED) is 0.0698. The number of rotatable bonds is 14. The minimum atomic E-state index is -0.900. The van der Waals surface area contributed by atoms with E-state index in [-0.39, 0.29) is 17.9 Å². The second-order valence-corrected chi connectivity index (χ2v) is 15.2. The maximum Gasteiger partial charge on any atom is 0.407 e. The van der Waals surface area contributed by atoms with Crippen LogP contribution in [0.3, 0.4) is 0 Å². The number of ether oxygens (including phenoxy) is 3. The van der Waals surface area contributed by atoms with Crippen LogP contribution in [0.15, 0.2) is 60.8 Å². The van der Waals surface area contributed by atoms with Crippen molar-refractivity contribution in [2.45, 2.75) is 84.5 Å². The lowest BCUT2D eigenvalue weighted by Gasteiger charge is -2.35. The molecule has 3 atom stereocenters. The minimum Gasteiger partial charge on any atom is -0.453 e. The molecule has 13 nitrogen and oxygen atoms in total. The number of aliphatic hydroxyl groups excluding tert-OH is 1. The summed E-state index contributed by atoms with van der Waals surface area (Å²) in [5.74, 6) is 4.66. The summed E-state index contributed by atoms with van der Waals surface area (Å²) in [6.45, 7) is 9.38. The largest absolute Gasteiger partial charge is 0.453 e. The highest BCUT2D eigenvalue weighted by molar-refractivity contribution is 5.83. The number of alkyl carbamates (subject to hydrolysis) is 1. The van der Waals surface area contributed by atoms with Crippen LogP contribution < -0.4 is 20.1 Å². The molecule has 4 heterocycles. The highest BCUT2D eigenvalue weighted by atomic mass is 16.6. The molecule has 0 bridgehead atoms. The standard InChI is InChI=1S/C42H51N7O6/c1-24(2)19-38(50)43-17-7-6-10-37-44-23-31(45-37)28-13-16-34-36(22-28)55-35-21-27(12-15-33(35)54-34)26-11-14-29-30(20-26)47-40(46-29)32-9-8-18-49(32)41(51)39(25(3)4)48-42(52)53-5/h11-16,20-25,32,39,41,51H,6-10,17-19H2,1-5H3,(H,43,50)(H,44,45)(H,46,47)(H,48,52). The predicted octanol–water partition coefficient (Wildman–Crippen LogP) is 7.84. The Balaban J connectivity index is 1.01. The molecular formula is C42H51N7O6. The van der Waals surface area contributed by atoms with E-state index < -0.39 is 18.4 Å². The molecule has 1 saturated heterocycles. The van der Waals surface area contributed by atoms with Gasteiger partial charge in [-0.15, -0.1) is 0 Å². The van der Waals surface area contributed by atoms with E-state index in [1.165, 1.54) is 7.11 Å². The summed E-state index contributed by atoms with van der Waals surface area (Å²) in [7, 11) is 1.32. The van der Waals surface area contributed by atoms with Crippen molar-refractivity contribution < 1.29 is 28.9 Å². The van der Waals surface area contributed by atoms with E-state index in [1.54, 1.807) is 0 Å². The van der Waals surface area contributed by atoms with Crippen LogP contribution in [0, 0.1) is 11.8 Å². The van der Waals surface area contributed by atoms with Gasteiger partial charge in [-0.25, -0.2) is 14.8 Å². The molecule has 290 valence electrons. The van der Waals surface area contributed by atoms with Gasteiger partial charge in [-0.1, -0.05) is 39.8 Å². The fourth-order valence-corrected chi connectivity index (χ4v) is 7.41. The molecule has 3 aromatic carbocycles. The van der Waals surface area contributed by atoms with Gasteiger partial charge in [0.15, 0.2) is 23.0 Å². The molecule has 0 saturated carbocycles. The smallest absolute Gasteiger partial charge is 0.407 e. The number of likely N-dealkylation sites (tertiary alicyclic amines) is 1. The van der Waals surface area contributed by atoms with E-state index in [4.69, 9.17) is 19.2 Å². The molecule has 1 fully saturated rings. The summed E-state index contributed by atoms with van der Waals surface area (Å²) in [6.07, 6.45) is 5.28. The zero-order valence-corrected chi connectivity index (χ0v) is 32.1. The van der Waals surface area contributed by atoms with Crippen molar-refractivity contribution in [3.63, 3.8) is 0 Å².